The van der Waals surface area contributed by atoms with E-state index in [-0.39, 0.29) is 0 Å². The van der Waals surface area contributed by atoms with Crippen LogP contribution in [0, 0.1) is 0 Å². The van der Waals surface area contributed by atoms with E-state index in [1.54, 1.807) is 0 Å². The summed E-state index contributed by atoms with van der Waals surface area (Å²) < 4.78 is 11.4. The highest BCUT2D eigenvalue weighted by Gasteiger charge is 1.96. The fourth-order valence-electron chi connectivity index (χ4n) is 4.14. The van der Waals surface area contributed by atoms with E-state index < -0.39 is 0 Å². The molecule has 206 valence electrons. The van der Waals surface area contributed by atoms with E-state index in [4.69, 9.17) is 9.47 Å². The second-order valence-corrected chi connectivity index (χ2v) is 12.3. The minimum Gasteiger partial charge on any atom is -0.378 e. The summed E-state index contributed by atoms with van der Waals surface area (Å²) in [6, 6.07) is 0. The van der Waals surface area contributed by atoms with Crippen LogP contribution in [-0.2, 0) is 9.47 Å². The maximum atomic E-state index is 5.70. The number of ether oxygens (including phenoxy) is 2. The van der Waals surface area contributed by atoms with Crippen molar-refractivity contribution in [1.82, 2.24) is 0 Å². The molecule has 0 unspecified atom stereocenters. The molecule has 0 aliphatic heterocycles. The normalized spacial score (nSPS) is 11.5. The van der Waals surface area contributed by atoms with Gasteiger partial charge in [-0.1, -0.05) is 129 Å². The Morgan fingerprint density at radius 2 is 0.618 bits per heavy atom. The van der Waals surface area contributed by atoms with Crippen molar-refractivity contribution in [2.24, 2.45) is 0 Å². The van der Waals surface area contributed by atoms with Crippen LogP contribution < -0.4 is 0 Å². The van der Waals surface area contributed by atoms with Crippen molar-refractivity contribution in [3.63, 3.8) is 0 Å². The Bertz CT molecular complexity index is 310. The minimum atomic E-state index is 0.752. The van der Waals surface area contributed by atoms with Crippen LogP contribution >= 0.6 is 23.5 Å². The van der Waals surface area contributed by atoms with Crippen LogP contribution in [0.2, 0.25) is 0 Å². The van der Waals surface area contributed by atoms with Crippen LogP contribution in [0.25, 0.3) is 0 Å². The highest BCUT2D eigenvalue weighted by Crippen LogP contribution is 2.13. The molecule has 4 heteroatoms. The Morgan fingerprint density at radius 1 is 0.324 bits per heavy atom. The molecular weight excluding hydrogens is 456 g/mol. The summed E-state index contributed by atoms with van der Waals surface area (Å²) >= 11 is 4.10. The first-order valence-corrected chi connectivity index (χ1v) is 17.5. The van der Waals surface area contributed by atoms with Crippen molar-refractivity contribution in [2.45, 2.75) is 142 Å². The molecule has 0 bridgehead atoms. The summed E-state index contributed by atoms with van der Waals surface area (Å²) in [6.45, 7) is 7.84. The van der Waals surface area contributed by atoms with Crippen LogP contribution in [0.5, 0.6) is 0 Å². The molecular formula is C30H62O2S2. The van der Waals surface area contributed by atoms with Crippen LogP contribution in [-0.4, -0.2) is 49.4 Å². The summed E-state index contributed by atoms with van der Waals surface area (Å²) in [6.07, 6.45) is 28.5. The Kier molecular flexibility index (Phi) is 34.2. The van der Waals surface area contributed by atoms with Gasteiger partial charge in [0, 0.05) is 11.5 Å². The second kappa shape index (κ2) is 33.6. The van der Waals surface area contributed by atoms with Crippen LogP contribution in [0.1, 0.15) is 142 Å². The average molecular weight is 519 g/mol. The van der Waals surface area contributed by atoms with Crippen molar-refractivity contribution in [2.75, 3.05) is 49.4 Å². The van der Waals surface area contributed by atoms with Gasteiger partial charge in [0.15, 0.2) is 0 Å². The predicted octanol–water partition coefficient (Wildman–Crippen LogP) is 10.3. The van der Waals surface area contributed by atoms with E-state index >= 15 is 0 Å². The van der Waals surface area contributed by atoms with Crippen LogP contribution in [0.15, 0.2) is 0 Å². The molecule has 34 heavy (non-hydrogen) atoms. The van der Waals surface area contributed by atoms with Crippen LogP contribution in [0.3, 0.4) is 0 Å². The molecule has 0 fully saturated rings. The van der Waals surface area contributed by atoms with Gasteiger partial charge in [0.25, 0.3) is 0 Å². The van der Waals surface area contributed by atoms with Gasteiger partial charge in [-0.2, -0.15) is 23.5 Å². The smallest absolute Gasteiger partial charge is 0.0700 e. The molecule has 0 amide bonds. The zero-order chi connectivity index (χ0) is 24.6. The van der Waals surface area contributed by atoms with E-state index in [1.165, 1.54) is 140 Å². The first-order valence-electron chi connectivity index (χ1n) is 15.2. The highest BCUT2D eigenvalue weighted by molar-refractivity contribution is 7.99. The lowest BCUT2D eigenvalue weighted by atomic mass is 10.1. The molecule has 0 atom stereocenters. The molecule has 0 aliphatic carbocycles. The van der Waals surface area contributed by atoms with E-state index in [1.807, 2.05) is 0 Å². The van der Waals surface area contributed by atoms with Crippen molar-refractivity contribution in [1.29, 1.82) is 0 Å². The van der Waals surface area contributed by atoms with Gasteiger partial charge >= 0.3 is 0 Å². The van der Waals surface area contributed by atoms with E-state index in [0.717, 1.165) is 37.9 Å². The van der Waals surface area contributed by atoms with E-state index in [2.05, 4.69) is 37.4 Å². The van der Waals surface area contributed by atoms with Gasteiger partial charge in [-0.25, -0.2) is 0 Å². The van der Waals surface area contributed by atoms with Gasteiger partial charge in [0.05, 0.1) is 26.4 Å². The lowest BCUT2D eigenvalue weighted by Crippen LogP contribution is -2.08. The standard InChI is InChI=1S/C30H62O2S2/c1-3-5-7-9-11-13-15-17-19-21-27-33-29-25-31-23-24-32-26-30-34-28-22-20-18-16-14-12-10-8-6-4-2/h3-30H2,1-2H3. The zero-order valence-corrected chi connectivity index (χ0v) is 25.1. The van der Waals surface area contributed by atoms with Crippen molar-refractivity contribution < 1.29 is 9.47 Å². The number of rotatable bonds is 31. The molecule has 0 N–H and O–H groups in total. The Morgan fingerprint density at radius 3 is 0.941 bits per heavy atom. The third kappa shape index (κ3) is 32.6. The quantitative estimate of drug-likeness (QED) is 0.0849. The lowest BCUT2D eigenvalue weighted by molar-refractivity contribution is 0.0605. The molecule has 0 aliphatic rings. The SMILES string of the molecule is CCCCCCCCCCCCSCCOCCOCCSCCCCCCCCCCCC. The minimum absolute atomic E-state index is 0.752. The zero-order valence-electron chi connectivity index (χ0n) is 23.4. The first kappa shape index (κ1) is 34.6. The molecule has 0 rings (SSSR count). The van der Waals surface area contributed by atoms with Gasteiger partial charge in [0.1, 0.15) is 0 Å². The molecule has 0 heterocycles. The molecule has 0 radical (unpaired) electrons. The number of thioether (sulfide) groups is 2. The van der Waals surface area contributed by atoms with Crippen LogP contribution in [0.4, 0.5) is 0 Å². The van der Waals surface area contributed by atoms with Gasteiger partial charge in [-0.3, -0.25) is 0 Å². The molecule has 0 aromatic rings. The fraction of sp³-hybridized carbons (Fsp3) is 1.00. The third-order valence-corrected chi connectivity index (χ3v) is 8.47. The molecule has 0 aromatic heterocycles. The summed E-state index contributed by atoms with van der Waals surface area (Å²) in [5.41, 5.74) is 0. The highest BCUT2D eigenvalue weighted by atomic mass is 32.2. The number of hydrogen-bond acceptors (Lipinski definition) is 4. The van der Waals surface area contributed by atoms with E-state index in [0.29, 0.717) is 0 Å². The first-order chi connectivity index (χ1) is 16.9. The summed E-state index contributed by atoms with van der Waals surface area (Å²) in [7, 11) is 0. The Labute approximate surface area is 224 Å². The summed E-state index contributed by atoms with van der Waals surface area (Å²) in [5, 5.41) is 0. The van der Waals surface area contributed by atoms with Gasteiger partial charge in [0.2, 0.25) is 0 Å². The van der Waals surface area contributed by atoms with Crippen molar-refractivity contribution in [3.8, 4) is 0 Å². The predicted molar refractivity (Wildman–Crippen MR) is 160 cm³/mol. The maximum absolute atomic E-state index is 5.70. The van der Waals surface area contributed by atoms with Crippen molar-refractivity contribution >= 4 is 23.5 Å². The largest absolute Gasteiger partial charge is 0.378 e. The average Bonchev–Trinajstić information content (AvgIpc) is 2.85. The Hall–Kier alpha value is 0.620. The monoisotopic (exact) mass is 518 g/mol. The molecule has 0 saturated carbocycles. The molecule has 0 spiro atoms. The Balaban J connectivity index is 2.99. The van der Waals surface area contributed by atoms with Gasteiger partial charge in [-0.15, -0.1) is 0 Å². The fourth-order valence-corrected chi connectivity index (χ4v) is 5.84. The third-order valence-electron chi connectivity index (χ3n) is 6.40. The number of hydrogen-bond donors (Lipinski definition) is 0. The summed E-state index contributed by atoms with van der Waals surface area (Å²) in [4.78, 5) is 0. The van der Waals surface area contributed by atoms with Crippen molar-refractivity contribution in [3.05, 3.63) is 0 Å². The summed E-state index contributed by atoms with van der Waals surface area (Å²) in [5.74, 6) is 4.86. The number of unbranched alkanes of at least 4 members (excludes halogenated alkanes) is 18. The second-order valence-electron chi connectivity index (χ2n) is 9.81. The van der Waals surface area contributed by atoms with Gasteiger partial charge in [-0.05, 0) is 24.3 Å². The molecule has 0 saturated heterocycles. The maximum Gasteiger partial charge on any atom is 0.0700 e. The lowest BCUT2D eigenvalue weighted by Gasteiger charge is -2.06. The topological polar surface area (TPSA) is 18.5 Å². The molecule has 0 aromatic carbocycles. The van der Waals surface area contributed by atoms with Gasteiger partial charge < -0.3 is 9.47 Å². The van der Waals surface area contributed by atoms with E-state index in [9.17, 15) is 0 Å². The molecule has 2 nitrogen and oxygen atoms in total.